The van der Waals surface area contributed by atoms with Crippen LogP contribution in [0.1, 0.15) is 46.9 Å². The molecule has 4 aliphatic rings. The molecule has 0 saturated carbocycles. The number of nitrogens with one attached hydrogen (secondary N) is 1. The molecule has 198 valence electrons. The Kier molecular flexibility index (Phi) is 8.48. The van der Waals surface area contributed by atoms with Gasteiger partial charge in [-0.1, -0.05) is 36.4 Å². The third kappa shape index (κ3) is 5.07. The number of methoxy groups -OCH3 is 2. The summed E-state index contributed by atoms with van der Waals surface area (Å²) >= 11 is -0.750. The predicted octanol–water partition coefficient (Wildman–Crippen LogP) is 3.71. The van der Waals surface area contributed by atoms with E-state index in [1.807, 2.05) is 16.8 Å². The van der Waals surface area contributed by atoms with Gasteiger partial charge >= 0.3 is 23.8 Å². The number of carbonyl (C=O) groups excluding carboxylic acids is 2. The second-order valence-electron chi connectivity index (χ2n) is 9.55. The summed E-state index contributed by atoms with van der Waals surface area (Å²) < 4.78 is 26.3. The Hall–Kier alpha value is -3.40. The highest BCUT2D eigenvalue weighted by Crippen LogP contribution is 2.45. The second-order valence-corrected chi connectivity index (χ2v) is 9.69. The molecule has 2 fully saturated rings. The number of amides is 2. The summed E-state index contributed by atoms with van der Waals surface area (Å²) in [6.07, 6.45) is 3.65. The van der Waals surface area contributed by atoms with E-state index in [2.05, 4.69) is 47.8 Å². The highest BCUT2D eigenvalue weighted by molar-refractivity contribution is 7.51. The van der Waals surface area contributed by atoms with Gasteiger partial charge in [-0.05, 0) is 54.0 Å². The second kappa shape index (κ2) is 11.8. The number of likely N-dealkylation sites (tertiary alicyclic amines) is 2. The number of rotatable bonds is 1. The fourth-order valence-corrected chi connectivity index (χ4v) is 6.56. The molecule has 37 heavy (non-hydrogen) atoms. The summed E-state index contributed by atoms with van der Waals surface area (Å²) in [5.74, 6) is 1.00. The molecule has 2 aliphatic carbocycles. The highest BCUT2D eigenvalue weighted by atomic mass is 32.1. The first kappa shape index (κ1) is 26.7. The van der Waals surface area contributed by atoms with E-state index < -0.39 is 11.6 Å². The van der Waals surface area contributed by atoms with Crippen LogP contribution in [-0.2, 0) is 33.9 Å². The Bertz CT molecular complexity index is 1180. The van der Waals surface area contributed by atoms with Crippen molar-refractivity contribution in [2.45, 2.75) is 49.6 Å². The van der Waals surface area contributed by atoms with Gasteiger partial charge in [0, 0.05) is 49.7 Å². The zero-order valence-corrected chi connectivity index (χ0v) is 22.2. The molecule has 0 radical (unpaired) electrons. The maximum atomic E-state index is 11.8. The number of hydrogen-bond acceptors (Lipinski definition) is 7. The van der Waals surface area contributed by atoms with Gasteiger partial charge in [0.15, 0.2) is 0 Å². The lowest BCUT2D eigenvalue weighted by Gasteiger charge is -2.22. The van der Waals surface area contributed by atoms with E-state index >= 15 is 0 Å². The zero-order chi connectivity index (χ0) is 26.5. The molecule has 0 aromatic heterocycles. The van der Waals surface area contributed by atoms with Crippen molar-refractivity contribution in [1.29, 1.82) is 0 Å². The van der Waals surface area contributed by atoms with E-state index in [1.54, 1.807) is 0 Å². The maximum Gasteiger partial charge on any atom is 0.409 e. The molecule has 0 spiro atoms. The monoisotopic (exact) mass is 527 g/mol. The molecular weight excluding hydrogens is 494 g/mol. The van der Waals surface area contributed by atoms with Crippen LogP contribution < -0.4 is 5.32 Å². The van der Waals surface area contributed by atoms with Gasteiger partial charge in [0.2, 0.25) is 0 Å². The Balaban J connectivity index is 0.000000157. The third-order valence-electron chi connectivity index (χ3n) is 8.09. The molecule has 9 nitrogen and oxygen atoms in total. The lowest BCUT2D eigenvalue weighted by atomic mass is 9.98. The zero-order valence-electron chi connectivity index (χ0n) is 21.3. The van der Waals surface area contributed by atoms with Gasteiger partial charge in [-0.25, -0.2) is 9.59 Å². The third-order valence-corrected chi connectivity index (χ3v) is 8.09. The Morgan fingerprint density at radius 1 is 0.838 bits per heavy atom. The largest absolute Gasteiger partial charge is 0.453 e. The average molecular weight is 528 g/mol. The molecule has 2 heterocycles. The Labute approximate surface area is 220 Å². The van der Waals surface area contributed by atoms with Gasteiger partial charge in [0.25, 0.3) is 0 Å². The van der Waals surface area contributed by atoms with E-state index in [9.17, 15) is 9.59 Å². The normalized spacial score (nSPS) is 23.8. The van der Waals surface area contributed by atoms with Gasteiger partial charge in [-0.15, -0.1) is 0 Å². The van der Waals surface area contributed by atoms with Crippen LogP contribution in [0.2, 0.25) is 0 Å². The molecule has 0 unspecified atom stereocenters. The van der Waals surface area contributed by atoms with E-state index in [-0.39, 0.29) is 18.2 Å². The lowest BCUT2D eigenvalue weighted by molar-refractivity contribution is 0.118. The van der Waals surface area contributed by atoms with Crippen LogP contribution in [0.5, 0.6) is 0 Å². The van der Waals surface area contributed by atoms with E-state index in [1.165, 1.54) is 42.2 Å². The van der Waals surface area contributed by atoms with Crippen LogP contribution in [0.25, 0.3) is 0 Å². The Morgan fingerprint density at radius 3 is 1.97 bits per heavy atom. The predicted molar refractivity (Wildman–Crippen MR) is 139 cm³/mol. The van der Waals surface area contributed by atoms with E-state index in [0.717, 1.165) is 38.8 Å². The van der Waals surface area contributed by atoms with Gasteiger partial charge < -0.3 is 24.6 Å². The summed E-state index contributed by atoms with van der Waals surface area (Å²) in [4.78, 5) is 27.1. The first-order valence-electron chi connectivity index (χ1n) is 12.5. The first-order valence-corrected chi connectivity index (χ1v) is 13.1. The molecular formula is C27H33N3O6S. The van der Waals surface area contributed by atoms with Crippen molar-refractivity contribution in [3.05, 3.63) is 64.7 Å². The minimum atomic E-state index is -0.750. The van der Waals surface area contributed by atoms with Gasteiger partial charge in [0.1, 0.15) is 0 Å². The van der Waals surface area contributed by atoms with Gasteiger partial charge in [0.05, 0.1) is 14.2 Å². The van der Waals surface area contributed by atoms with Crippen LogP contribution >= 0.6 is 0 Å². The molecule has 1 N–H and O–H groups in total. The van der Waals surface area contributed by atoms with Crippen molar-refractivity contribution < 1.29 is 27.5 Å². The quantitative estimate of drug-likeness (QED) is 0.603. The molecule has 6 rings (SSSR count). The standard InChI is InChI=1S/C14H18N2O2.C13H15NO2.O2S/c1-15-12-5-3-4-9-10-6-7-16(14(17)18-2)13(10)8-11(9)12;1-16-13(15)14-7-6-11-10-5-3-2-4-9(10)8-12(11)14;1-3-2/h3-5,10,13,15H,6-8H2,1-2H3;2-5,11-12H,6-8H2,1H3;/t10-,13+;11-,12+;/m00./s1. The van der Waals surface area contributed by atoms with Crippen molar-refractivity contribution in [2.24, 2.45) is 0 Å². The minimum Gasteiger partial charge on any atom is -0.453 e. The summed E-state index contributed by atoms with van der Waals surface area (Å²) in [6.45, 7) is 1.64. The molecule has 2 aromatic carbocycles. The molecule has 0 bridgehead atoms. The minimum absolute atomic E-state index is 0.180. The van der Waals surface area contributed by atoms with Crippen molar-refractivity contribution in [3.8, 4) is 0 Å². The van der Waals surface area contributed by atoms with E-state index in [0.29, 0.717) is 17.9 Å². The molecule has 2 amide bonds. The molecule has 2 aromatic rings. The van der Waals surface area contributed by atoms with Gasteiger partial charge in [-0.3, -0.25) is 0 Å². The van der Waals surface area contributed by atoms with Crippen LogP contribution in [-0.4, -0.2) is 76.8 Å². The molecule has 4 atom stereocenters. The van der Waals surface area contributed by atoms with Crippen LogP contribution in [0.15, 0.2) is 42.5 Å². The van der Waals surface area contributed by atoms with Gasteiger partial charge in [-0.2, -0.15) is 8.42 Å². The number of fused-ring (bicyclic) bond motifs is 6. The van der Waals surface area contributed by atoms with Crippen molar-refractivity contribution in [3.63, 3.8) is 0 Å². The number of carbonyl (C=O) groups is 2. The smallest absolute Gasteiger partial charge is 0.409 e. The highest BCUT2D eigenvalue weighted by Gasteiger charge is 2.44. The average Bonchev–Trinajstić information content (AvgIpc) is 3.68. The van der Waals surface area contributed by atoms with E-state index in [4.69, 9.17) is 17.9 Å². The molecule has 2 aliphatic heterocycles. The lowest BCUT2D eigenvalue weighted by Crippen LogP contribution is -2.36. The topological polar surface area (TPSA) is 105 Å². The number of benzene rings is 2. The molecule has 10 heteroatoms. The summed E-state index contributed by atoms with van der Waals surface area (Å²) in [5.41, 5.74) is 6.78. The fourth-order valence-electron chi connectivity index (χ4n) is 6.56. The maximum absolute atomic E-state index is 11.8. The summed E-state index contributed by atoms with van der Waals surface area (Å²) in [6, 6.07) is 15.5. The van der Waals surface area contributed by atoms with Crippen molar-refractivity contribution >= 4 is 29.4 Å². The van der Waals surface area contributed by atoms with Crippen LogP contribution in [0.3, 0.4) is 0 Å². The van der Waals surface area contributed by atoms with Crippen molar-refractivity contribution in [2.75, 3.05) is 39.7 Å². The number of anilines is 1. The summed E-state index contributed by atoms with van der Waals surface area (Å²) in [7, 11) is 4.86. The summed E-state index contributed by atoms with van der Waals surface area (Å²) in [5, 5.41) is 3.24. The number of ether oxygens (including phenoxy) is 2. The number of hydrogen-bond donors (Lipinski definition) is 1. The van der Waals surface area contributed by atoms with Crippen LogP contribution in [0.4, 0.5) is 15.3 Å². The number of nitrogens with zero attached hydrogens (tertiary/aromatic N) is 2. The van der Waals surface area contributed by atoms with Crippen molar-refractivity contribution in [1.82, 2.24) is 9.80 Å². The first-order chi connectivity index (χ1) is 18.0. The fraction of sp³-hybridized carbons (Fsp3) is 0.481. The van der Waals surface area contributed by atoms with Crippen LogP contribution in [0, 0.1) is 0 Å². The molecule has 2 saturated heterocycles. The SMILES string of the molecule is CNc1cccc2c1C[C@@H]1[C@H]2CCN1C(=O)OC.COC(=O)N1CC[C@H]2c3ccccc3C[C@H]21.O=S=O. The Morgan fingerprint density at radius 2 is 1.38 bits per heavy atom.